The van der Waals surface area contributed by atoms with Gasteiger partial charge in [0, 0.05) is 14.1 Å². The minimum absolute atomic E-state index is 0.680. The van der Waals surface area contributed by atoms with Crippen molar-refractivity contribution in [2.24, 2.45) is 0 Å². The summed E-state index contributed by atoms with van der Waals surface area (Å²) in [5, 5.41) is 0. The molecule has 2 heterocycles. The molecule has 0 aliphatic carbocycles. The number of nitrogens with zero attached hydrogens (tertiary/aromatic N) is 4. The molecule has 2 aromatic heterocycles. The fraction of sp³-hybridized carbons (Fsp3) is 0.375. The Morgan fingerprint density at radius 1 is 1.31 bits per heavy atom. The Morgan fingerprint density at radius 3 is 2.77 bits per heavy atom. The van der Waals surface area contributed by atoms with Gasteiger partial charge >= 0.3 is 0 Å². The van der Waals surface area contributed by atoms with Gasteiger partial charge in [-0.3, -0.25) is 0 Å². The number of nitrogens with one attached hydrogen (secondary N) is 1. The van der Waals surface area contributed by atoms with Crippen LogP contribution in [0.4, 0.5) is 5.95 Å². The molecule has 0 saturated carbocycles. The van der Waals surface area contributed by atoms with Crippen LogP contribution in [0.25, 0.3) is 11.2 Å². The zero-order chi connectivity index (χ0) is 9.42. The molecule has 13 heavy (non-hydrogen) atoms. The molecule has 0 amide bonds. The molecule has 0 bridgehead atoms. The van der Waals surface area contributed by atoms with Crippen LogP contribution in [0.5, 0.6) is 0 Å². The van der Waals surface area contributed by atoms with Crippen LogP contribution < -0.4 is 4.90 Å². The van der Waals surface area contributed by atoms with Gasteiger partial charge in [-0.25, -0.2) is 9.97 Å². The van der Waals surface area contributed by atoms with Gasteiger partial charge in [0.05, 0.1) is 6.20 Å². The third kappa shape index (κ3) is 1.32. The maximum absolute atomic E-state index is 4.27. The van der Waals surface area contributed by atoms with Crippen LogP contribution in [-0.2, 0) is 0 Å². The van der Waals surface area contributed by atoms with Crippen molar-refractivity contribution < 1.29 is 0 Å². The van der Waals surface area contributed by atoms with Crippen LogP contribution in [0.2, 0.25) is 0 Å². The number of aromatic amines is 1. The number of anilines is 1. The van der Waals surface area contributed by atoms with Crippen molar-refractivity contribution in [1.29, 1.82) is 0 Å². The van der Waals surface area contributed by atoms with Gasteiger partial charge < -0.3 is 9.88 Å². The molecule has 5 heteroatoms. The van der Waals surface area contributed by atoms with E-state index in [0.29, 0.717) is 5.95 Å². The van der Waals surface area contributed by atoms with Crippen LogP contribution >= 0.6 is 0 Å². The molecule has 68 valence electrons. The zero-order valence-electron chi connectivity index (χ0n) is 7.87. The first kappa shape index (κ1) is 7.97. The van der Waals surface area contributed by atoms with Gasteiger partial charge in [-0.2, -0.15) is 4.98 Å². The van der Waals surface area contributed by atoms with Crippen molar-refractivity contribution in [3.63, 3.8) is 0 Å². The topological polar surface area (TPSA) is 57.7 Å². The fourth-order valence-corrected chi connectivity index (χ4v) is 1.13. The highest BCUT2D eigenvalue weighted by Crippen LogP contribution is 2.10. The Kier molecular flexibility index (Phi) is 1.65. The Balaban J connectivity index is 2.61. The Labute approximate surface area is 75.8 Å². The second-order valence-corrected chi connectivity index (χ2v) is 3.12. The van der Waals surface area contributed by atoms with E-state index in [4.69, 9.17) is 0 Å². The van der Waals surface area contributed by atoms with Crippen molar-refractivity contribution in [3.05, 3.63) is 12.0 Å². The Morgan fingerprint density at radius 2 is 2.08 bits per heavy atom. The summed E-state index contributed by atoms with van der Waals surface area (Å²) in [6.07, 6.45) is 1.75. The molecule has 0 saturated heterocycles. The Hall–Kier alpha value is -1.65. The molecule has 0 unspecified atom stereocenters. The lowest BCUT2D eigenvalue weighted by molar-refractivity contribution is 1.01. The summed E-state index contributed by atoms with van der Waals surface area (Å²) in [6.45, 7) is 1.90. The summed E-state index contributed by atoms with van der Waals surface area (Å²) in [6, 6.07) is 0. The molecular formula is C8H11N5. The molecule has 5 nitrogen and oxygen atoms in total. The average Bonchev–Trinajstić information content (AvgIpc) is 2.42. The van der Waals surface area contributed by atoms with Gasteiger partial charge in [0.1, 0.15) is 11.3 Å². The summed E-state index contributed by atoms with van der Waals surface area (Å²) in [5.41, 5.74) is 1.60. The predicted octanol–water partition coefficient (Wildman–Crippen LogP) is 0.727. The first-order chi connectivity index (χ1) is 6.16. The van der Waals surface area contributed by atoms with Crippen LogP contribution in [0, 0.1) is 6.92 Å². The smallest absolute Gasteiger partial charge is 0.226 e. The minimum atomic E-state index is 0.680. The molecule has 2 rings (SSSR count). The third-order valence-corrected chi connectivity index (χ3v) is 1.75. The number of fused-ring (bicyclic) bond motifs is 1. The molecule has 0 fully saturated rings. The SMILES string of the molecule is Cc1nc2nc(N(C)C)ncc2[nH]1. The number of aromatic nitrogens is 4. The summed E-state index contributed by atoms with van der Waals surface area (Å²) < 4.78 is 0. The van der Waals surface area contributed by atoms with Crippen molar-refractivity contribution in [1.82, 2.24) is 19.9 Å². The highest BCUT2D eigenvalue weighted by atomic mass is 15.2. The zero-order valence-corrected chi connectivity index (χ0v) is 7.87. The molecule has 0 aliphatic heterocycles. The number of H-pyrrole nitrogens is 1. The predicted molar refractivity (Wildman–Crippen MR) is 50.7 cm³/mol. The van der Waals surface area contributed by atoms with Crippen molar-refractivity contribution in [2.75, 3.05) is 19.0 Å². The largest absolute Gasteiger partial charge is 0.347 e. The van der Waals surface area contributed by atoms with E-state index in [1.807, 2.05) is 25.9 Å². The quantitative estimate of drug-likeness (QED) is 0.697. The number of aryl methyl sites for hydroxylation is 1. The molecule has 0 spiro atoms. The summed E-state index contributed by atoms with van der Waals surface area (Å²) in [7, 11) is 3.81. The maximum atomic E-state index is 4.27. The molecular weight excluding hydrogens is 166 g/mol. The first-order valence-corrected chi connectivity index (χ1v) is 4.03. The average molecular weight is 177 g/mol. The van der Waals surface area contributed by atoms with Gasteiger partial charge in [-0.15, -0.1) is 0 Å². The standard InChI is InChI=1S/C8H11N5/c1-5-10-6-4-9-8(13(2)3)12-7(6)11-5/h4H,1-3H3,(H,9,10,11,12). The van der Waals surface area contributed by atoms with Gasteiger partial charge in [0.2, 0.25) is 5.95 Å². The monoisotopic (exact) mass is 177 g/mol. The molecule has 0 radical (unpaired) electrons. The van der Waals surface area contributed by atoms with Gasteiger partial charge in [0.15, 0.2) is 5.65 Å². The molecule has 0 aromatic carbocycles. The van der Waals surface area contributed by atoms with E-state index in [1.54, 1.807) is 6.20 Å². The summed E-state index contributed by atoms with van der Waals surface area (Å²) in [5.74, 6) is 1.54. The van der Waals surface area contributed by atoms with E-state index in [-0.39, 0.29) is 0 Å². The lowest BCUT2D eigenvalue weighted by Crippen LogP contribution is -2.12. The van der Waals surface area contributed by atoms with Gasteiger partial charge in [0.25, 0.3) is 0 Å². The highest BCUT2D eigenvalue weighted by molar-refractivity contribution is 5.70. The lowest BCUT2D eigenvalue weighted by atomic mass is 10.5. The van der Waals surface area contributed by atoms with E-state index < -0.39 is 0 Å². The van der Waals surface area contributed by atoms with Crippen molar-refractivity contribution >= 4 is 17.1 Å². The van der Waals surface area contributed by atoms with Gasteiger partial charge in [-0.05, 0) is 6.92 Å². The minimum Gasteiger partial charge on any atom is -0.347 e. The Bertz CT molecular complexity index is 431. The van der Waals surface area contributed by atoms with E-state index in [9.17, 15) is 0 Å². The van der Waals surface area contributed by atoms with Crippen molar-refractivity contribution in [2.45, 2.75) is 6.92 Å². The van der Waals surface area contributed by atoms with E-state index in [0.717, 1.165) is 17.0 Å². The first-order valence-electron chi connectivity index (χ1n) is 4.03. The lowest BCUT2D eigenvalue weighted by Gasteiger charge is -2.07. The van der Waals surface area contributed by atoms with Crippen LogP contribution in [0.15, 0.2) is 6.20 Å². The highest BCUT2D eigenvalue weighted by Gasteiger charge is 2.04. The summed E-state index contributed by atoms with van der Waals surface area (Å²) >= 11 is 0. The fourth-order valence-electron chi connectivity index (χ4n) is 1.13. The van der Waals surface area contributed by atoms with E-state index in [2.05, 4.69) is 19.9 Å². The molecule has 2 aromatic rings. The van der Waals surface area contributed by atoms with Crippen molar-refractivity contribution in [3.8, 4) is 0 Å². The third-order valence-electron chi connectivity index (χ3n) is 1.75. The molecule has 0 atom stereocenters. The maximum Gasteiger partial charge on any atom is 0.226 e. The normalized spacial score (nSPS) is 10.7. The van der Waals surface area contributed by atoms with Crippen LogP contribution in [0.3, 0.4) is 0 Å². The molecule has 1 N–H and O–H groups in total. The number of rotatable bonds is 1. The van der Waals surface area contributed by atoms with E-state index in [1.165, 1.54) is 0 Å². The molecule has 0 aliphatic rings. The number of hydrogen-bond donors (Lipinski definition) is 1. The summed E-state index contributed by atoms with van der Waals surface area (Å²) in [4.78, 5) is 17.6. The van der Waals surface area contributed by atoms with Gasteiger partial charge in [-0.1, -0.05) is 0 Å². The second kappa shape index (κ2) is 2.69. The number of imidazole rings is 1. The number of hydrogen-bond acceptors (Lipinski definition) is 4. The van der Waals surface area contributed by atoms with Crippen LogP contribution in [0.1, 0.15) is 5.82 Å². The van der Waals surface area contributed by atoms with E-state index >= 15 is 0 Å². The second-order valence-electron chi connectivity index (χ2n) is 3.12. The van der Waals surface area contributed by atoms with Crippen LogP contribution in [-0.4, -0.2) is 34.0 Å².